The number of carbonyl (C=O) groups is 2. The number of rotatable bonds is 2. The lowest BCUT2D eigenvalue weighted by atomic mass is 10.1. The van der Waals surface area contributed by atoms with Gasteiger partial charge in [0.15, 0.2) is 0 Å². The average molecular weight is 304 g/mol. The van der Waals surface area contributed by atoms with E-state index in [0.717, 1.165) is 10.9 Å². The molecular formula is C15H16N2O5. The lowest BCUT2D eigenvalue weighted by molar-refractivity contribution is -0.122. The Morgan fingerprint density at radius 1 is 1.32 bits per heavy atom. The number of hydrogen-bond acceptors (Lipinski definition) is 4. The van der Waals surface area contributed by atoms with Crippen molar-refractivity contribution in [2.75, 3.05) is 5.32 Å². The molecule has 7 nitrogen and oxygen atoms in total. The fraction of sp³-hybridized carbons (Fsp3) is 0.267. The Morgan fingerprint density at radius 2 is 2.09 bits per heavy atom. The summed E-state index contributed by atoms with van der Waals surface area (Å²) in [5.41, 5.74) is 1.35. The van der Waals surface area contributed by atoms with E-state index in [4.69, 9.17) is 4.42 Å². The van der Waals surface area contributed by atoms with Gasteiger partial charge in [-0.1, -0.05) is 0 Å². The van der Waals surface area contributed by atoms with E-state index in [9.17, 15) is 14.4 Å². The van der Waals surface area contributed by atoms with E-state index in [-0.39, 0.29) is 17.3 Å². The third-order valence-electron chi connectivity index (χ3n) is 3.53. The molecule has 7 heteroatoms. The molecule has 22 heavy (non-hydrogen) atoms. The predicted octanol–water partition coefficient (Wildman–Crippen LogP) is 0.494. The van der Waals surface area contributed by atoms with Gasteiger partial charge >= 0.3 is 5.63 Å². The Labute approximate surface area is 125 Å². The van der Waals surface area contributed by atoms with Gasteiger partial charge in [-0.05, 0) is 31.0 Å². The van der Waals surface area contributed by atoms with Crippen LogP contribution in [0.15, 0.2) is 33.5 Å². The van der Waals surface area contributed by atoms with Gasteiger partial charge in [0.2, 0.25) is 11.8 Å². The van der Waals surface area contributed by atoms with Crippen molar-refractivity contribution < 1.29 is 19.5 Å². The van der Waals surface area contributed by atoms with Crippen LogP contribution in [0.2, 0.25) is 0 Å². The van der Waals surface area contributed by atoms with E-state index in [1.54, 1.807) is 18.2 Å². The number of aryl methyl sites for hydroxylation is 1. The number of benzene rings is 1. The molecular weight excluding hydrogens is 288 g/mol. The molecule has 0 bridgehead atoms. The molecule has 0 spiro atoms. The van der Waals surface area contributed by atoms with Crippen LogP contribution in [0.25, 0.3) is 11.0 Å². The van der Waals surface area contributed by atoms with E-state index in [0.29, 0.717) is 24.1 Å². The first-order valence-corrected chi connectivity index (χ1v) is 6.68. The van der Waals surface area contributed by atoms with E-state index >= 15 is 0 Å². The van der Waals surface area contributed by atoms with Gasteiger partial charge in [-0.25, -0.2) is 4.79 Å². The zero-order valence-corrected chi connectivity index (χ0v) is 11.9. The lowest BCUT2D eigenvalue weighted by Gasteiger charge is -2.11. The summed E-state index contributed by atoms with van der Waals surface area (Å²) in [6, 6.07) is 6.06. The molecule has 0 saturated carbocycles. The summed E-state index contributed by atoms with van der Waals surface area (Å²) >= 11 is 0. The van der Waals surface area contributed by atoms with Crippen LogP contribution in [0.4, 0.5) is 5.69 Å². The van der Waals surface area contributed by atoms with Crippen molar-refractivity contribution >= 4 is 28.5 Å². The van der Waals surface area contributed by atoms with Gasteiger partial charge in [-0.3, -0.25) is 9.59 Å². The van der Waals surface area contributed by atoms with Gasteiger partial charge in [-0.15, -0.1) is 0 Å². The number of amides is 2. The third kappa shape index (κ3) is 2.99. The van der Waals surface area contributed by atoms with Crippen LogP contribution in [0.1, 0.15) is 18.4 Å². The maximum absolute atomic E-state index is 12.0. The number of fused-ring (bicyclic) bond motifs is 1. The van der Waals surface area contributed by atoms with Gasteiger partial charge < -0.3 is 20.5 Å². The van der Waals surface area contributed by atoms with Crippen molar-refractivity contribution in [2.24, 2.45) is 0 Å². The third-order valence-corrected chi connectivity index (χ3v) is 3.53. The first-order valence-electron chi connectivity index (χ1n) is 6.68. The molecule has 2 heterocycles. The molecule has 4 N–H and O–H groups in total. The van der Waals surface area contributed by atoms with Crippen LogP contribution in [-0.2, 0) is 9.59 Å². The average Bonchev–Trinajstić information content (AvgIpc) is 2.85. The van der Waals surface area contributed by atoms with E-state index < -0.39 is 11.7 Å². The highest BCUT2D eigenvalue weighted by Crippen LogP contribution is 2.21. The maximum Gasteiger partial charge on any atom is 0.336 e. The van der Waals surface area contributed by atoms with Crippen molar-refractivity contribution in [2.45, 2.75) is 25.8 Å². The van der Waals surface area contributed by atoms with E-state index in [1.807, 2.05) is 6.92 Å². The largest absolute Gasteiger partial charge is 0.423 e. The zero-order valence-electron chi connectivity index (χ0n) is 11.9. The van der Waals surface area contributed by atoms with E-state index in [2.05, 4.69) is 10.6 Å². The highest BCUT2D eigenvalue weighted by molar-refractivity contribution is 6.00. The summed E-state index contributed by atoms with van der Waals surface area (Å²) in [5, 5.41) is 6.15. The van der Waals surface area contributed by atoms with E-state index in [1.165, 1.54) is 6.07 Å². The highest BCUT2D eigenvalue weighted by atomic mass is 16.4. The van der Waals surface area contributed by atoms with Crippen LogP contribution in [0.5, 0.6) is 0 Å². The second-order valence-corrected chi connectivity index (χ2v) is 5.11. The molecule has 1 aromatic heterocycles. The number of carbonyl (C=O) groups excluding carboxylic acids is 2. The normalized spacial score (nSPS) is 17.0. The second-order valence-electron chi connectivity index (χ2n) is 5.11. The maximum atomic E-state index is 12.0. The fourth-order valence-corrected chi connectivity index (χ4v) is 2.44. The molecule has 2 aromatic rings. The van der Waals surface area contributed by atoms with Crippen LogP contribution < -0.4 is 16.3 Å². The first-order chi connectivity index (χ1) is 10.0. The van der Waals surface area contributed by atoms with Crippen molar-refractivity contribution in [3.05, 3.63) is 40.2 Å². The molecule has 0 unspecified atom stereocenters. The molecule has 1 aliphatic heterocycles. The Bertz CT molecular complexity index is 796. The summed E-state index contributed by atoms with van der Waals surface area (Å²) in [5.74, 6) is -0.384. The molecule has 1 aromatic carbocycles. The summed E-state index contributed by atoms with van der Waals surface area (Å²) in [6.45, 7) is 1.82. The molecule has 0 radical (unpaired) electrons. The molecule has 1 atom stereocenters. The van der Waals surface area contributed by atoms with Gasteiger partial charge in [0, 0.05) is 29.6 Å². The molecule has 1 aliphatic rings. The minimum Gasteiger partial charge on any atom is -0.423 e. The van der Waals surface area contributed by atoms with Crippen molar-refractivity contribution in [3.63, 3.8) is 0 Å². The highest BCUT2D eigenvalue weighted by Gasteiger charge is 2.27. The number of anilines is 1. The Morgan fingerprint density at radius 3 is 2.77 bits per heavy atom. The van der Waals surface area contributed by atoms with Gasteiger partial charge in [0.1, 0.15) is 11.6 Å². The number of nitrogens with one attached hydrogen (secondary N) is 2. The van der Waals surface area contributed by atoms with Gasteiger partial charge in [-0.2, -0.15) is 0 Å². The zero-order chi connectivity index (χ0) is 15.0. The van der Waals surface area contributed by atoms with Crippen LogP contribution in [0.3, 0.4) is 0 Å². The minimum absolute atomic E-state index is 0. The molecule has 0 aliphatic carbocycles. The molecule has 116 valence electrons. The quantitative estimate of drug-likeness (QED) is 0.784. The SMILES string of the molecule is Cc1cc(=O)oc2cc(NC(=O)[C@@H]3CCC(=O)N3)ccc12.O. The first kappa shape index (κ1) is 15.7. The monoisotopic (exact) mass is 304 g/mol. The van der Waals surface area contributed by atoms with Crippen LogP contribution in [0, 0.1) is 6.92 Å². The van der Waals surface area contributed by atoms with Gasteiger partial charge in [0.25, 0.3) is 0 Å². The molecule has 2 amide bonds. The van der Waals surface area contributed by atoms with Crippen LogP contribution in [-0.4, -0.2) is 23.3 Å². The summed E-state index contributed by atoms with van der Waals surface area (Å²) in [6.07, 6.45) is 0.857. The predicted molar refractivity (Wildman–Crippen MR) is 80.6 cm³/mol. The summed E-state index contributed by atoms with van der Waals surface area (Å²) in [7, 11) is 0. The molecule has 3 rings (SSSR count). The summed E-state index contributed by atoms with van der Waals surface area (Å²) < 4.78 is 5.13. The number of hydrogen-bond donors (Lipinski definition) is 2. The van der Waals surface area contributed by atoms with Crippen molar-refractivity contribution in [3.8, 4) is 0 Å². The molecule has 1 saturated heterocycles. The Balaban J connectivity index is 0.00000176. The van der Waals surface area contributed by atoms with Crippen molar-refractivity contribution in [1.82, 2.24) is 5.32 Å². The topological polar surface area (TPSA) is 120 Å². The Kier molecular flexibility index (Phi) is 4.27. The Hall–Kier alpha value is -2.67. The van der Waals surface area contributed by atoms with Crippen LogP contribution >= 0.6 is 0 Å². The molecule has 1 fully saturated rings. The standard InChI is InChI=1S/C15H14N2O4.H2O/c1-8-6-14(19)21-12-7-9(2-3-10(8)12)16-15(20)11-4-5-13(18)17-11;/h2-3,6-7,11H,4-5H2,1H3,(H,16,20)(H,17,18);1H2/t11-;/m0./s1. The lowest BCUT2D eigenvalue weighted by Crippen LogP contribution is -2.37. The minimum atomic E-state index is -0.502. The smallest absolute Gasteiger partial charge is 0.336 e. The van der Waals surface area contributed by atoms with Gasteiger partial charge in [0.05, 0.1) is 0 Å². The van der Waals surface area contributed by atoms with Crippen molar-refractivity contribution in [1.29, 1.82) is 0 Å². The summed E-state index contributed by atoms with van der Waals surface area (Å²) in [4.78, 5) is 34.5. The fourth-order valence-electron chi connectivity index (χ4n) is 2.44. The second kappa shape index (κ2) is 5.98.